The van der Waals surface area contributed by atoms with Gasteiger partial charge in [0.05, 0.1) is 16.0 Å². The van der Waals surface area contributed by atoms with Gasteiger partial charge >= 0.3 is 0 Å². The zero-order valence-corrected chi connectivity index (χ0v) is 15.4. The first-order valence-corrected chi connectivity index (χ1v) is 10.3. The molecular formula is C16H13N5OS3. The first-order chi connectivity index (χ1) is 12.2. The van der Waals surface area contributed by atoms with Crippen molar-refractivity contribution in [1.29, 1.82) is 5.26 Å². The molecule has 0 unspecified atom stereocenters. The van der Waals surface area contributed by atoms with Gasteiger partial charge in [-0.1, -0.05) is 35.2 Å². The Balaban J connectivity index is 1.49. The highest BCUT2D eigenvalue weighted by atomic mass is 32.2. The zero-order valence-electron chi connectivity index (χ0n) is 13.0. The maximum atomic E-state index is 10.4. The summed E-state index contributed by atoms with van der Waals surface area (Å²) in [6.45, 7) is 0. The van der Waals surface area contributed by atoms with Gasteiger partial charge in [0.2, 0.25) is 5.13 Å². The fraction of sp³-hybridized carbons (Fsp3) is 0.250. The fourth-order valence-corrected chi connectivity index (χ4v) is 4.84. The molecule has 2 aromatic heterocycles. The average molecular weight is 388 g/mol. The quantitative estimate of drug-likeness (QED) is 0.370. The summed E-state index contributed by atoms with van der Waals surface area (Å²) in [6, 6.07) is 10.3. The van der Waals surface area contributed by atoms with Crippen LogP contribution in [0.15, 0.2) is 34.4 Å². The van der Waals surface area contributed by atoms with Crippen LogP contribution in [0, 0.1) is 11.3 Å². The number of anilines is 1. The summed E-state index contributed by atoms with van der Waals surface area (Å²) in [5.41, 5.74) is 1.05. The van der Waals surface area contributed by atoms with Crippen LogP contribution >= 0.6 is 34.4 Å². The zero-order chi connectivity index (χ0) is 17.2. The van der Waals surface area contributed by atoms with Crippen LogP contribution in [0.4, 0.5) is 5.13 Å². The predicted molar refractivity (Wildman–Crippen MR) is 102 cm³/mol. The molecule has 0 bridgehead atoms. The molecule has 2 heterocycles. The second kappa shape index (κ2) is 7.00. The molecule has 126 valence electrons. The van der Waals surface area contributed by atoms with Crippen LogP contribution in [0.5, 0.6) is 0 Å². The summed E-state index contributed by atoms with van der Waals surface area (Å²) in [4.78, 5) is 4.44. The van der Waals surface area contributed by atoms with E-state index in [0.29, 0.717) is 11.0 Å². The minimum absolute atomic E-state index is 0.0125. The third-order valence-electron chi connectivity index (χ3n) is 3.55. The van der Waals surface area contributed by atoms with Gasteiger partial charge in [-0.15, -0.1) is 21.5 Å². The van der Waals surface area contributed by atoms with E-state index >= 15 is 0 Å². The van der Waals surface area contributed by atoms with Crippen molar-refractivity contribution < 1.29 is 5.11 Å². The van der Waals surface area contributed by atoms with Crippen LogP contribution in [0.3, 0.4) is 0 Å². The van der Waals surface area contributed by atoms with Crippen LogP contribution in [-0.4, -0.2) is 32.1 Å². The molecule has 25 heavy (non-hydrogen) atoms. The van der Waals surface area contributed by atoms with Crippen LogP contribution in [0.1, 0.15) is 17.8 Å². The first kappa shape index (κ1) is 16.3. The number of thiazole rings is 1. The largest absolute Gasteiger partial charge is 0.510 e. The van der Waals surface area contributed by atoms with Gasteiger partial charge in [0, 0.05) is 6.04 Å². The Morgan fingerprint density at radius 3 is 2.92 bits per heavy atom. The number of nitrogens with zero attached hydrogens (tertiary/aromatic N) is 4. The van der Waals surface area contributed by atoms with Crippen molar-refractivity contribution in [1.82, 2.24) is 15.2 Å². The molecule has 0 aliphatic heterocycles. The third-order valence-corrected chi connectivity index (χ3v) is 6.60. The van der Waals surface area contributed by atoms with E-state index in [1.807, 2.05) is 24.3 Å². The Kier molecular flexibility index (Phi) is 4.57. The predicted octanol–water partition coefficient (Wildman–Crippen LogP) is 4.31. The SMILES string of the molecule is N#C/C(=C(/O)CSc1nnc(NC2CC2)s1)c1nc2ccccc2s1. The summed E-state index contributed by atoms with van der Waals surface area (Å²) in [5.74, 6) is 0.273. The topological polar surface area (TPSA) is 94.7 Å². The van der Waals surface area contributed by atoms with Crippen molar-refractivity contribution in [3.8, 4) is 6.07 Å². The Morgan fingerprint density at radius 2 is 2.16 bits per heavy atom. The molecule has 0 spiro atoms. The fourth-order valence-electron chi connectivity index (χ4n) is 2.15. The lowest BCUT2D eigenvalue weighted by molar-refractivity contribution is 0.421. The molecule has 0 atom stereocenters. The number of hydrogen-bond donors (Lipinski definition) is 2. The number of benzene rings is 1. The maximum absolute atomic E-state index is 10.4. The second-order valence-electron chi connectivity index (χ2n) is 5.50. The van der Waals surface area contributed by atoms with E-state index in [4.69, 9.17) is 0 Å². The smallest absolute Gasteiger partial charge is 0.206 e. The number of allylic oxidation sites excluding steroid dienone is 1. The monoisotopic (exact) mass is 387 g/mol. The lowest BCUT2D eigenvalue weighted by atomic mass is 10.2. The van der Waals surface area contributed by atoms with Gasteiger partial charge in [0.25, 0.3) is 0 Å². The molecule has 4 rings (SSSR count). The third kappa shape index (κ3) is 3.76. The first-order valence-electron chi connectivity index (χ1n) is 7.64. The van der Waals surface area contributed by atoms with E-state index in [1.165, 1.54) is 47.3 Å². The number of para-hydroxylation sites is 1. The molecule has 1 aliphatic rings. The van der Waals surface area contributed by atoms with Crippen molar-refractivity contribution >= 4 is 55.4 Å². The van der Waals surface area contributed by atoms with Crippen LogP contribution in [-0.2, 0) is 0 Å². The Labute approximate surface area is 156 Å². The highest BCUT2D eigenvalue weighted by Gasteiger charge is 2.22. The second-order valence-corrected chi connectivity index (χ2v) is 8.73. The molecular weight excluding hydrogens is 374 g/mol. The maximum Gasteiger partial charge on any atom is 0.206 e. The average Bonchev–Trinajstić information content (AvgIpc) is 3.15. The molecule has 0 amide bonds. The number of rotatable bonds is 6. The van der Waals surface area contributed by atoms with Crippen LogP contribution < -0.4 is 5.32 Å². The molecule has 2 N–H and O–H groups in total. The molecule has 1 aromatic carbocycles. The summed E-state index contributed by atoms with van der Waals surface area (Å²) >= 11 is 4.23. The van der Waals surface area contributed by atoms with Crippen molar-refractivity contribution in [2.75, 3.05) is 11.1 Å². The molecule has 3 aromatic rings. The van der Waals surface area contributed by atoms with E-state index < -0.39 is 0 Å². The Morgan fingerprint density at radius 1 is 1.32 bits per heavy atom. The van der Waals surface area contributed by atoms with Crippen LogP contribution in [0.25, 0.3) is 15.8 Å². The van der Waals surface area contributed by atoms with Crippen molar-refractivity contribution in [3.63, 3.8) is 0 Å². The number of aliphatic hydroxyl groups excluding tert-OH is 1. The number of nitrogens with one attached hydrogen (secondary N) is 1. The Hall–Kier alpha value is -2.15. The molecule has 6 nitrogen and oxygen atoms in total. The summed E-state index contributed by atoms with van der Waals surface area (Å²) in [5, 5.41) is 32.6. The Bertz CT molecular complexity index is 950. The molecule has 9 heteroatoms. The molecule has 0 saturated heterocycles. The van der Waals surface area contributed by atoms with Gasteiger partial charge in [0.15, 0.2) is 4.34 Å². The van der Waals surface area contributed by atoms with E-state index in [9.17, 15) is 10.4 Å². The van der Waals surface area contributed by atoms with Gasteiger partial charge in [-0.2, -0.15) is 5.26 Å². The molecule has 1 saturated carbocycles. The standard InChI is InChI=1S/C16H13N5OS3/c17-7-10(14-19-11-3-1-2-4-13(11)24-14)12(22)8-23-16-21-20-15(25-16)18-9-5-6-9/h1-4,9,22H,5-6,8H2,(H,18,20)/b12-10-. The summed E-state index contributed by atoms with van der Waals surface area (Å²) < 4.78 is 1.75. The molecule has 1 fully saturated rings. The van der Waals surface area contributed by atoms with Crippen molar-refractivity contribution in [2.45, 2.75) is 23.2 Å². The van der Waals surface area contributed by atoms with E-state index in [0.717, 1.165) is 19.7 Å². The molecule has 1 aliphatic carbocycles. The van der Waals surface area contributed by atoms with Crippen molar-refractivity contribution in [3.05, 3.63) is 35.0 Å². The number of aromatic nitrogens is 3. The summed E-state index contributed by atoms with van der Waals surface area (Å²) in [7, 11) is 0. The highest BCUT2D eigenvalue weighted by molar-refractivity contribution is 8.01. The normalized spacial score (nSPS) is 15.0. The van der Waals surface area contributed by atoms with E-state index in [-0.39, 0.29) is 17.1 Å². The van der Waals surface area contributed by atoms with Gasteiger partial charge in [-0.25, -0.2) is 4.98 Å². The lowest BCUT2D eigenvalue weighted by Gasteiger charge is -2.00. The van der Waals surface area contributed by atoms with Gasteiger partial charge < -0.3 is 10.4 Å². The summed E-state index contributed by atoms with van der Waals surface area (Å²) in [6.07, 6.45) is 2.36. The minimum atomic E-state index is 0.0125. The minimum Gasteiger partial charge on any atom is -0.510 e. The molecule has 0 radical (unpaired) electrons. The highest BCUT2D eigenvalue weighted by Crippen LogP contribution is 2.33. The number of aliphatic hydroxyl groups is 1. The van der Waals surface area contributed by atoms with Gasteiger partial charge in [-0.05, 0) is 25.0 Å². The number of thioether (sulfide) groups is 1. The number of fused-ring (bicyclic) bond motifs is 1. The van der Waals surface area contributed by atoms with Gasteiger partial charge in [-0.3, -0.25) is 0 Å². The van der Waals surface area contributed by atoms with Crippen molar-refractivity contribution in [2.24, 2.45) is 0 Å². The van der Waals surface area contributed by atoms with E-state index in [1.54, 1.807) is 0 Å². The number of hydrogen-bond acceptors (Lipinski definition) is 9. The van der Waals surface area contributed by atoms with E-state index in [2.05, 4.69) is 26.6 Å². The number of nitriles is 1. The van der Waals surface area contributed by atoms with Crippen LogP contribution in [0.2, 0.25) is 0 Å². The lowest BCUT2D eigenvalue weighted by Crippen LogP contribution is -1.99. The van der Waals surface area contributed by atoms with Gasteiger partial charge in [0.1, 0.15) is 22.4 Å².